The lowest BCUT2D eigenvalue weighted by Crippen LogP contribution is -2.74. The zero-order chi connectivity index (χ0) is 24.9. The van der Waals surface area contributed by atoms with Crippen molar-refractivity contribution in [2.45, 2.75) is 48.7 Å². The number of carbonyl (C=O) groups is 1. The molecule has 7 rings (SSSR count). The van der Waals surface area contributed by atoms with E-state index < -0.39 is 17.6 Å². The van der Waals surface area contributed by atoms with Gasteiger partial charge in [-0.05, 0) is 55.8 Å². The molecule has 2 spiro atoms. The summed E-state index contributed by atoms with van der Waals surface area (Å²) in [7, 11) is 0. The van der Waals surface area contributed by atoms with Crippen LogP contribution in [0.2, 0.25) is 0 Å². The van der Waals surface area contributed by atoms with Crippen LogP contribution in [0.25, 0.3) is 0 Å². The van der Waals surface area contributed by atoms with E-state index >= 15 is 0 Å². The molecule has 0 N–H and O–H groups in total. The second-order valence-corrected chi connectivity index (χ2v) is 12.6. The summed E-state index contributed by atoms with van der Waals surface area (Å²) in [6, 6.07) is 3.58. The fourth-order valence-corrected chi connectivity index (χ4v) is 7.54. The zero-order valence-corrected chi connectivity index (χ0v) is 20.4. The third-order valence-corrected chi connectivity index (χ3v) is 9.31. The summed E-state index contributed by atoms with van der Waals surface area (Å²) in [6.07, 6.45) is 1.62. The monoisotopic (exact) mass is 522 g/mol. The molecule has 0 atom stereocenters. The first-order valence-electron chi connectivity index (χ1n) is 12.4. The van der Waals surface area contributed by atoms with Gasteiger partial charge in [-0.3, -0.25) is 0 Å². The number of benzene rings is 1. The lowest BCUT2D eigenvalue weighted by Gasteiger charge is -2.63. The van der Waals surface area contributed by atoms with Gasteiger partial charge in [-0.25, -0.2) is 23.2 Å². The van der Waals surface area contributed by atoms with Gasteiger partial charge < -0.3 is 9.80 Å². The summed E-state index contributed by atoms with van der Waals surface area (Å²) >= 11 is 1.21. The number of aromatic nitrogens is 3. The highest BCUT2D eigenvalue weighted by Crippen LogP contribution is 2.55. The van der Waals surface area contributed by atoms with Gasteiger partial charge in [0.05, 0.1) is 11.6 Å². The third kappa shape index (κ3) is 3.79. The van der Waals surface area contributed by atoms with Crippen molar-refractivity contribution >= 4 is 18.0 Å². The van der Waals surface area contributed by atoms with Gasteiger partial charge in [0.15, 0.2) is 5.82 Å². The number of rotatable bonds is 4. The van der Waals surface area contributed by atoms with E-state index in [1.54, 1.807) is 0 Å². The number of hydrogen-bond acceptors (Lipinski definition) is 5. The smallest absolute Gasteiger partial charge is 0.323 e. The van der Waals surface area contributed by atoms with E-state index in [0.29, 0.717) is 43.0 Å². The Kier molecular flexibility index (Phi) is 4.81. The molecular weight excluding hydrogens is 496 g/mol. The molecule has 12 heteroatoms. The Balaban J connectivity index is 0.856. The number of hydrogen-bond donors (Lipinski definition) is 0. The molecule has 1 aromatic heterocycles. The van der Waals surface area contributed by atoms with Crippen LogP contribution in [0.1, 0.15) is 49.0 Å². The van der Waals surface area contributed by atoms with Crippen LogP contribution in [0.15, 0.2) is 29.4 Å². The average Bonchev–Trinajstić information content (AvgIpc) is 3.45. The van der Waals surface area contributed by atoms with Crippen molar-refractivity contribution in [1.82, 2.24) is 28.9 Å². The highest BCUT2D eigenvalue weighted by atomic mass is 32.2. The Morgan fingerprint density at radius 3 is 2.31 bits per heavy atom. The highest BCUT2D eigenvalue weighted by molar-refractivity contribution is 7.97. The molecule has 2 aromatic rings. The standard InChI is InChI=1S/C24H26F4N6OS/c25-19-4-3-17(5-18(19)24(26,27)28)36-33-12-23(13-33)10-32(11-23)21(35)31-8-22(9-31)6-16(7-22)34-14-29-20(30-34)15-1-2-15/h3-5,14-16H,1-2,6-13H2. The van der Waals surface area contributed by atoms with Crippen LogP contribution in [-0.4, -0.2) is 74.2 Å². The molecule has 4 heterocycles. The van der Waals surface area contributed by atoms with Crippen molar-refractivity contribution in [3.05, 3.63) is 41.7 Å². The molecule has 2 aliphatic carbocycles. The van der Waals surface area contributed by atoms with Gasteiger partial charge in [-0.2, -0.15) is 18.3 Å². The quantitative estimate of drug-likeness (QED) is 0.440. The van der Waals surface area contributed by atoms with Crippen LogP contribution in [-0.2, 0) is 6.18 Å². The Morgan fingerprint density at radius 1 is 1.00 bits per heavy atom. The SMILES string of the molecule is O=C(N1CC2(CC(n3cnc(C4CC4)n3)C2)C1)N1CC2(CN(Sc3ccc(F)c(C(F)(F)F)c3)C2)C1. The Labute approximate surface area is 209 Å². The predicted molar refractivity (Wildman–Crippen MR) is 123 cm³/mol. The molecule has 5 fully saturated rings. The minimum atomic E-state index is -4.71. The molecule has 7 nitrogen and oxygen atoms in total. The van der Waals surface area contributed by atoms with E-state index in [2.05, 4.69) is 10.1 Å². The first-order valence-corrected chi connectivity index (χ1v) is 13.1. The van der Waals surface area contributed by atoms with Crippen LogP contribution in [0.3, 0.4) is 0 Å². The van der Waals surface area contributed by atoms with Crippen molar-refractivity contribution in [3.8, 4) is 0 Å². The van der Waals surface area contributed by atoms with Gasteiger partial charge in [-0.15, -0.1) is 0 Å². The number of amides is 2. The minimum Gasteiger partial charge on any atom is -0.323 e. The van der Waals surface area contributed by atoms with Gasteiger partial charge in [0.2, 0.25) is 0 Å². The fourth-order valence-electron chi connectivity index (χ4n) is 6.27. The summed E-state index contributed by atoms with van der Waals surface area (Å²) in [4.78, 5) is 21.5. The summed E-state index contributed by atoms with van der Waals surface area (Å²) < 4.78 is 56.4. The summed E-state index contributed by atoms with van der Waals surface area (Å²) in [6.45, 7) is 4.34. The fraction of sp³-hybridized carbons (Fsp3) is 0.625. The van der Waals surface area contributed by atoms with Crippen LogP contribution < -0.4 is 0 Å². The third-order valence-electron chi connectivity index (χ3n) is 8.33. The topological polar surface area (TPSA) is 57.5 Å². The number of likely N-dealkylation sites (tertiary alicyclic amines) is 2. The number of carbonyl (C=O) groups excluding carboxylic acids is 1. The van der Waals surface area contributed by atoms with Crippen molar-refractivity contribution in [3.63, 3.8) is 0 Å². The summed E-state index contributed by atoms with van der Waals surface area (Å²) in [5.74, 6) is 0.277. The molecule has 3 saturated heterocycles. The van der Waals surface area contributed by atoms with Crippen LogP contribution in [0.5, 0.6) is 0 Å². The van der Waals surface area contributed by atoms with E-state index in [4.69, 9.17) is 0 Å². The number of halogens is 4. The van der Waals surface area contributed by atoms with Crippen LogP contribution in [0.4, 0.5) is 22.4 Å². The normalized spacial score (nSPS) is 24.9. The van der Waals surface area contributed by atoms with E-state index in [0.717, 1.165) is 43.9 Å². The van der Waals surface area contributed by atoms with Gasteiger partial charge in [-0.1, -0.05) is 0 Å². The molecule has 2 amide bonds. The van der Waals surface area contributed by atoms with Crippen molar-refractivity contribution in [1.29, 1.82) is 0 Å². The average molecular weight is 523 g/mol. The molecule has 0 radical (unpaired) electrons. The molecular formula is C24H26F4N6OS. The molecule has 3 aliphatic heterocycles. The summed E-state index contributed by atoms with van der Waals surface area (Å²) in [5, 5.41) is 4.65. The minimum absolute atomic E-state index is 0.0199. The maximum Gasteiger partial charge on any atom is 0.419 e. The van der Waals surface area contributed by atoms with E-state index in [-0.39, 0.29) is 16.9 Å². The van der Waals surface area contributed by atoms with Gasteiger partial charge in [0, 0.05) is 60.9 Å². The Morgan fingerprint density at radius 2 is 1.67 bits per heavy atom. The number of alkyl halides is 3. The number of nitrogens with zero attached hydrogens (tertiary/aromatic N) is 6. The lowest BCUT2D eigenvalue weighted by molar-refractivity contribution is -0.140. The molecule has 192 valence electrons. The Bertz CT molecular complexity index is 1200. The van der Waals surface area contributed by atoms with Gasteiger partial charge in [0.25, 0.3) is 0 Å². The maximum atomic E-state index is 13.5. The molecule has 0 unspecified atom stereocenters. The second kappa shape index (κ2) is 7.59. The zero-order valence-electron chi connectivity index (χ0n) is 19.5. The maximum absolute atomic E-state index is 13.5. The molecule has 0 bridgehead atoms. The van der Waals surface area contributed by atoms with Gasteiger partial charge in [0.1, 0.15) is 12.1 Å². The van der Waals surface area contributed by atoms with Gasteiger partial charge >= 0.3 is 12.2 Å². The number of urea groups is 1. The van der Waals surface area contributed by atoms with Crippen molar-refractivity contribution < 1.29 is 22.4 Å². The predicted octanol–water partition coefficient (Wildman–Crippen LogP) is 4.40. The van der Waals surface area contributed by atoms with Crippen molar-refractivity contribution in [2.24, 2.45) is 10.8 Å². The van der Waals surface area contributed by atoms with E-state index in [1.807, 2.05) is 25.1 Å². The van der Waals surface area contributed by atoms with Crippen LogP contribution in [0, 0.1) is 16.6 Å². The lowest BCUT2D eigenvalue weighted by atomic mass is 9.60. The van der Waals surface area contributed by atoms with Crippen molar-refractivity contribution in [2.75, 3.05) is 39.3 Å². The van der Waals surface area contributed by atoms with E-state index in [9.17, 15) is 22.4 Å². The van der Waals surface area contributed by atoms with Crippen LogP contribution >= 0.6 is 11.9 Å². The first kappa shape index (κ1) is 22.8. The molecule has 36 heavy (non-hydrogen) atoms. The molecule has 1 aromatic carbocycles. The highest BCUT2D eigenvalue weighted by Gasteiger charge is 2.58. The largest absolute Gasteiger partial charge is 0.419 e. The Hall–Kier alpha value is -2.34. The first-order chi connectivity index (χ1) is 17.1. The second-order valence-electron chi connectivity index (χ2n) is 11.4. The van der Waals surface area contributed by atoms with E-state index in [1.165, 1.54) is 30.9 Å². The summed E-state index contributed by atoms with van der Waals surface area (Å²) in [5.41, 5.74) is -0.993. The molecule has 5 aliphatic rings. The molecule has 2 saturated carbocycles.